The van der Waals surface area contributed by atoms with Crippen molar-refractivity contribution in [1.82, 2.24) is 9.66 Å². The van der Waals surface area contributed by atoms with Gasteiger partial charge in [0.15, 0.2) is 11.5 Å². The van der Waals surface area contributed by atoms with Gasteiger partial charge in [-0.3, -0.25) is 4.79 Å². The number of fused-ring (bicyclic) bond motifs is 1. The molecule has 0 bridgehead atoms. The molecule has 8 heteroatoms. The van der Waals surface area contributed by atoms with E-state index in [4.69, 9.17) is 30.8 Å². The van der Waals surface area contributed by atoms with Gasteiger partial charge in [-0.15, -0.1) is 0 Å². The van der Waals surface area contributed by atoms with Crippen LogP contribution in [0.4, 0.5) is 0 Å². The number of hydrogen-bond donors (Lipinski definition) is 0. The van der Waals surface area contributed by atoms with Gasteiger partial charge in [-0.25, -0.2) is 4.98 Å². The van der Waals surface area contributed by atoms with Crippen LogP contribution in [0.2, 0.25) is 5.02 Å². The summed E-state index contributed by atoms with van der Waals surface area (Å²) in [6.45, 7) is 0.320. The molecule has 0 N–H and O–H groups in total. The number of nitrogens with zero attached hydrogens (tertiary/aromatic N) is 3. The van der Waals surface area contributed by atoms with Crippen molar-refractivity contribution in [3.63, 3.8) is 0 Å². The van der Waals surface area contributed by atoms with Crippen molar-refractivity contribution in [3.05, 3.63) is 93.0 Å². The van der Waals surface area contributed by atoms with Crippen molar-refractivity contribution in [2.45, 2.75) is 44.6 Å². The molecule has 1 saturated carbocycles. The molecule has 1 fully saturated rings. The molecule has 0 spiro atoms. The van der Waals surface area contributed by atoms with E-state index < -0.39 is 0 Å². The van der Waals surface area contributed by atoms with Crippen LogP contribution >= 0.6 is 11.6 Å². The van der Waals surface area contributed by atoms with Gasteiger partial charge < -0.3 is 14.2 Å². The summed E-state index contributed by atoms with van der Waals surface area (Å²) >= 11 is 5.99. The predicted molar refractivity (Wildman–Crippen MR) is 150 cm³/mol. The van der Waals surface area contributed by atoms with E-state index in [-0.39, 0.29) is 11.5 Å². The number of para-hydroxylation sites is 1. The second-order valence-electron chi connectivity index (χ2n) is 9.35. The summed E-state index contributed by atoms with van der Waals surface area (Å²) in [6.07, 6.45) is 7.11. The van der Waals surface area contributed by atoms with Gasteiger partial charge >= 0.3 is 0 Å². The molecule has 4 aromatic rings. The number of aromatic nitrogens is 2. The fourth-order valence-corrected chi connectivity index (χ4v) is 4.98. The molecule has 0 radical (unpaired) electrons. The van der Waals surface area contributed by atoms with E-state index >= 15 is 0 Å². The third-order valence-corrected chi connectivity index (χ3v) is 7.10. The summed E-state index contributed by atoms with van der Waals surface area (Å²) in [5.74, 6) is 2.39. The third-order valence-electron chi connectivity index (χ3n) is 6.85. The first-order valence-electron chi connectivity index (χ1n) is 12.8. The van der Waals surface area contributed by atoms with Gasteiger partial charge in [0, 0.05) is 16.5 Å². The Morgan fingerprint density at radius 3 is 2.37 bits per heavy atom. The Morgan fingerprint density at radius 1 is 1.00 bits per heavy atom. The average molecular weight is 532 g/mol. The highest BCUT2D eigenvalue weighted by Gasteiger charge is 2.22. The van der Waals surface area contributed by atoms with Crippen molar-refractivity contribution in [2.75, 3.05) is 14.2 Å². The Labute approximate surface area is 226 Å². The number of ether oxygens (including phenoxy) is 3. The van der Waals surface area contributed by atoms with E-state index in [9.17, 15) is 4.79 Å². The SMILES string of the molecule is COc1cc(C=Nn2c(C3CCCCC3)nc3ccccc3c2=O)cc(OC)c1OCc1ccc(Cl)cc1. The average Bonchev–Trinajstić information content (AvgIpc) is 2.96. The van der Waals surface area contributed by atoms with Crippen LogP contribution in [0.15, 0.2) is 70.6 Å². The van der Waals surface area contributed by atoms with Crippen LogP contribution < -0.4 is 19.8 Å². The standard InChI is InChI=1S/C30H30ClN3O4/c1-36-26-16-21(17-27(37-2)28(26)38-19-20-12-14-23(31)15-13-20)18-32-34-29(22-8-4-3-5-9-22)33-25-11-7-6-10-24(25)30(34)35/h6-7,10-18,22H,3-5,8-9,19H2,1-2H3. The first-order valence-corrected chi connectivity index (χ1v) is 13.1. The molecule has 0 saturated heterocycles. The molecule has 7 nitrogen and oxygen atoms in total. The minimum atomic E-state index is -0.172. The molecule has 1 heterocycles. The van der Waals surface area contributed by atoms with Crippen molar-refractivity contribution < 1.29 is 14.2 Å². The minimum absolute atomic E-state index is 0.172. The van der Waals surface area contributed by atoms with Gasteiger partial charge in [-0.2, -0.15) is 9.78 Å². The lowest BCUT2D eigenvalue weighted by atomic mass is 9.88. The molecule has 38 heavy (non-hydrogen) atoms. The topological polar surface area (TPSA) is 74.9 Å². The molecular formula is C30H30ClN3O4. The van der Waals surface area contributed by atoms with E-state index in [1.54, 1.807) is 26.5 Å². The Kier molecular flexibility index (Phi) is 7.94. The van der Waals surface area contributed by atoms with Gasteiger partial charge in [-0.05, 0) is 54.8 Å². The summed E-state index contributed by atoms with van der Waals surface area (Å²) in [6, 6.07) is 18.5. The minimum Gasteiger partial charge on any atom is -0.493 e. The number of hydrogen-bond acceptors (Lipinski definition) is 6. The third kappa shape index (κ3) is 5.53. The van der Waals surface area contributed by atoms with Gasteiger partial charge in [-0.1, -0.05) is 55.1 Å². The number of methoxy groups -OCH3 is 2. The lowest BCUT2D eigenvalue weighted by Gasteiger charge is -2.22. The molecular weight excluding hydrogens is 502 g/mol. The molecule has 3 aromatic carbocycles. The molecule has 0 atom stereocenters. The van der Waals surface area contributed by atoms with Crippen LogP contribution in [-0.4, -0.2) is 30.1 Å². The predicted octanol–water partition coefficient (Wildman–Crippen LogP) is 6.58. The first-order chi connectivity index (χ1) is 18.6. The zero-order valence-electron chi connectivity index (χ0n) is 21.5. The second-order valence-corrected chi connectivity index (χ2v) is 9.79. The second kappa shape index (κ2) is 11.7. The Balaban J connectivity index is 1.50. The normalized spacial score (nSPS) is 14.2. The van der Waals surface area contributed by atoms with Crippen LogP contribution in [0.3, 0.4) is 0 Å². The summed E-state index contributed by atoms with van der Waals surface area (Å²) in [5, 5.41) is 5.85. The van der Waals surface area contributed by atoms with Crippen LogP contribution in [0.25, 0.3) is 10.9 Å². The zero-order chi connectivity index (χ0) is 26.5. The van der Waals surface area contributed by atoms with Gasteiger partial charge in [0.2, 0.25) is 5.75 Å². The summed E-state index contributed by atoms with van der Waals surface area (Å²) in [4.78, 5) is 18.4. The van der Waals surface area contributed by atoms with Crippen LogP contribution in [0, 0.1) is 0 Å². The molecule has 5 rings (SSSR count). The van der Waals surface area contributed by atoms with Crippen LogP contribution in [-0.2, 0) is 6.61 Å². The Hall–Kier alpha value is -3.84. The largest absolute Gasteiger partial charge is 0.493 e. The molecule has 0 unspecified atom stereocenters. The Bertz CT molecular complexity index is 1480. The van der Waals surface area contributed by atoms with Crippen LogP contribution in [0.1, 0.15) is 55.0 Å². The maximum Gasteiger partial charge on any atom is 0.282 e. The molecule has 1 aromatic heterocycles. The van der Waals surface area contributed by atoms with Crippen molar-refractivity contribution in [3.8, 4) is 17.2 Å². The van der Waals surface area contributed by atoms with E-state index in [2.05, 4.69) is 5.10 Å². The van der Waals surface area contributed by atoms with Crippen molar-refractivity contribution >= 4 is 28.7 Å². The molecule has 0 aliphatic heterocycles. The quantitative estimate of drug-likeness (QED) is 0.240. The van der Waals surface area contributed by atoms with E-state index in [1.165, 1.54) is 11.1 Å². The summed E-state index contributed by atoms with van der Waals surface area (Å²) in [7, 11) is 3.15. The molecule has 0 amide bonds. The molecule has 1 aliphatic rings. The van der Waals surface area contributed by atoms with E-state index in [1.807, 2.05) is 54.6 Å². The molecule has 1 aliphatic carbocycles. The highest BCUT2D eigenvalue weighted by Crippen LogP contribution is 2.39. The molecule has 196 valence electrons. The van der Waals surface area contributed by atoms with E-state index in [0.29, 0.717) is 51.2 Å². The Morgan fingerprint density at radius 2 is 1.68 bits per heavy atom. The zero-order valence-corrected chi connectivity index (χ0v) is 22.3. The van der Waals surface area contributed by atoms with Crippen molar-refractivity contribution in [1.29, 1.82) is 0 Å². The highest BCUT2D eigenvalue weighted by atomic mass is 35.5. The lowest BCUT2D eigenvalue weighted by molar-refractivity contribution is 0.266. The van der Waals surface area contributed by atoms with Gasteiger partial charge in [0.05, 0.1) is 31.3 Å². The van der Waals surface area contributed by atoms with Crippen molar-refractivity contribution in [2.24, 2.45) is 5.10 Å². The van der Waals surface area contributed by atoms with Gasteiger partial charge in [0.1, 0.15) is 12.4 Å². The fourth-order valence-electron chi connectivity index (χ4n) is 4.86. The lowest BCUT2D eigenvalue weighted by Crippen LogP contribution is -2.25. The van der Waals surface area contributed by atoms with Gasteiger partial charge in [0.25, 0.3) is 5.56 Å². The van der Waals surface area contributed by atoms with Crippen LogP contribution in [0.5, 0.6) is 17.2 Å². The summed E-state index contributed by atoms with van der Waals surface area (Å²) < 4.78 is 18.8. The number of rotatable bonds is 8. The maximum absolute atomic E-state index is 13.5. The maximum atomic E-state index is 13.5. The van der Waals surface area contributed by atoms with E-state index in [0.717, 1.165) is 31.2 Å². The smallest absolute Gasteiger partial charge is 0.282 e. The highest BCUT2D eigenvalue weighted by molar-refractivity contribution is 6.30. The monoisotopic (exact) mass is 531 g/mol. The number of benzene rings is 3. The first kappa shape index (κ1) is 25.8. The summed E-state index contributed by atoms with van der Waals surface area (Å²) in [5.41, 5.74) is 2.19. The number of halogens is 1. The fraction of sp³-hybridized carbons (Fsp3) is 0.300.